The van der Waals surface area contributed by atoms with Crippen LogP contribution in [-0.2, 0) is 19.5 Å². The lowest BCUT2D eigenvalue weighted by Crippen LogP contribution is -2.18. The van der Waals surface area contributed by atoms with Gasteiger partial charge in [-0.25, -0.2) is 9.97 Å². The highest BCUT2D eigenvalue weighted by atomic mass is 32.1. The van der Waals surface area contributed by atoms with E-state index in [4.69, 9.17) is 4.42 Å². The summed E-state index contributed by atoms with van der Waals surface area (Å²) in [7, 11) is 0. The Bertz CT molecular complexity index is 774. The number of nitrogens with zero attached hydrogens (tertiary/aromatic N) is 2. The minimum atomic E-state index is -0.0915. The maximum absolute atomic E-state index is 11.8. The van der Waals surface area contributed by atoms with E-state index in [1.54, 1.807) is 6.20 Å². The van der Waals surface area contributed by atoms with Crippen molar-refractivity contribution in [1.29, 1.82) is 0 Å². The van der Waals surface area contributed by atoms with E-state index in [9.17, 15) is 4.79 Å². The zero-order valence-electron chi connectivity index (χ0n) is 11.0. The van der Waals surface area contributed by atoms with Crippen LogP contribution in [0.3, 0.4) is 0 Å². The summed E-state index contributed by atoms with van der Waals surface area (Å²) in [5, 5.41) is 5.02. The molecule has 0 spiro atoms. The van der Waals surface area contributed by atoms with Crippen LogP contribution in [-0.4, -0.2) is 15.0 Å². The van der Waals surface area contributed by atoms with Crippen LogP contribution in [0.15, 0.2) is 26.9 Å². The molecular weight excluding hydrogens is 276 g/mol. The molecule has 104 valence electrons. The second kappa shape index (κ2) is 5.56. The molecule has 0 unspecified atom stereocenters. The van der Waals surface area contributed by atoms with Gasteiger partial charge in [0.1, 0.15) is 16.3 Å². The first-order chi connectivity index (χ1) is 9.76. The van der Waals surface area contributed by atoms with Crippen molar-refractivity contribution in [3.05, 3.63) is 45.5 Å². The number of aromatic amines is 1. The summed E-state index contributed by atoms with van der Waals surface area (Å²) < 4.78 is 6.15. The van der Waals surface area contributed by atoms with Gasteiger partial charge in [0, 0.05) is 6.42 Å². The van der Waals surface area contributed by atoms with Gasteiger partial charge in [0.25, 0.3) is 5.56 Å². The fourth-order valence-corrected chi connectivity index (χ4v) is 2.61. The van der Waals surface area contributed by atoms with Gasteiger partial charge in [0.2, 0.25) is 5.89 Å². The van der Waals surface area contributed by atoms with Gasteiger partial charge in [-0.05, 0) is 11.4 Å². The average Bonchev–Trinajstić information content (AvgIpc) is 3.07. The average molecular weight is 290 g/mol. The quantitative estimate of drug-likeness (QED) is 0.749. The Labute approximate surface area is 118 Å². The van der Waals surface area contributed by atoms with Crippen molar-refractivity contribution in [3.8, 4) is 0 Å². The van der Waals surface area contributed by atoms with Gasteiger partial charge in [-0.2, -0.15) is 0 Å². The van der Waals surface area contributed by atoms with Crippen molar-refractivity contribution >= 4 is 21.6 Å². The molecule has 0 saturated heterocycles. The Kier molecular flexibility index (Phi) is 3.62. The molecule has 0 saturated carbocycles. The van der Waals surface area contributed by atoms with Gasteiger partial charge in [0.15, 0.2) is 0 Å². The molecule has 3 aromatic rings. The number of nitrogens with one attached hydrogen (secondary N) is 2. The first-order valence-electron chi connectivity index (χ1n) is 6.37. The summed E-state index contributed by atoms with van der Waals surface area (Å²) in [6.45, 7) is 2.98. The molecule has 0 amide bonds. The van der Waals surface area contributed by atoms with Gasteiger partial charge in [0.05, 0.1) is 24.8 Å². The number of fused-ring (bicyclic) bond motifs is 1. The zero-order valence-corrected chi connectivity index (χ0v) is 11.8. The monoisotopic (exact) mass is 290 g/mol. The van der Waals surface area contributed by atoms with Crippen molar-refractivity contribution in [1.82, 2.24) is 20.3 Å². The lowest BCUT2D eigenvalue weighted by Gasteiger charge is -2.02. The summed E-state index contributed by atoms with van der Waals surface area (Å²) in [5.74, 6) is 2.12. The lowest BCUT2D eigenvalue weighted by molar-refractivity contribution is 0.437. The van der Waals surface area contributed by atoms with E-state index in [0.717, 1.165) is 17.7 Å². The highest BCUT2D eigenvalue weighted by Gasteiger charge is 2.06. The molecule has 3 aromatic heterocycles. The summed E-state index contributed by atoms with van der Waals surface area (Å²) in [5.41, 5.74) is 0.645. The van der Waals surface area contributed by atoms with Crippen molar-refractivity contribution in [2.24, 2.45) is 0 Å². The molecule has 0 fully saturated rings. The number of oxazole rings is 1. The molecule has 0 aliphatic rings. The molecule has 0 radical (unpaired) electrons. The van der Waals surface area contributed by atoms with Crippen LogP contribution < -0.4 is 10.9 Å². The highest BCUT2D eigenvalue weighted by Crippen LogP contribution is 2.13. The molecule has 6 nitrogen and oxygen atoms in total. The topological polar surface area (TPSA) is 83.8 Å². The predicted octanol–water partition coefficient (Wildman–Crippen LogP) is 1.82. The third kappa shape index (κ3) is 2.63. The molecule has 3 heterocycles. The Morgan fingerprint density at radius 1 is 1.45 bits per heavy atom. The summed E-state index contributed by atoms with van der Waals surface area (Å²) in [6, 6.07) is 1.85. The van der Waals surface area contributed by atoms with Gasteiger partial charge in [-0.3, -0.25) is 4.79 Å². The third-order valence-corrected chi connectivity index (χ3v) is 3.78. The van der Waals surface area contributed by atoms with Crippen molar-refractivity contribution in [3.63, 3.8) is 0 Å². The second-order valence-corrected chi connectivity index (χ2v) is 5.24. The molecule has 0 aromatic carbocycles. The Morgan fingerprint density at radius 2 is 2.35 bits per heavy atom. The van der Waals surface area contributed by atoms with Crippen LogP contribution in [0.2, 0.25) is 0 Å². The number of rotatable bonds is 5. The number of aromatic nitrogens is 3. The van der Waals surface area contributed by atoms with Crippen LogP contribution in [0.1, 0.15) is 24.4 Å². The molecular formula is C13H14N4O2S. The number of thiophene rings is 1. The maximum Gasteiger partial charge on any atom is 0.268 e. The Hall–Kier alpha value is -1.99. The van der Waals surface area contributed by atoms with Crippen LogP contribution in [0, 0.1) is 0 Å². The molecule has 0 bridgehead atoms. The number of H-pyrrole nitrogens is 1. The normalized spacial score (nSPS) is 11.2. The second-order valence-electron chi connectivity index (χ2n) is 4.33. The van der Waals surface area contributed by atoms with Crippen LogP contribution in [0.5, 0.6) is 0 Å². The SMILES string of the molecule is CCc1cnc(CNCc2nc3ccsc3c(=O)[nH]2)o1. The first kappa shape index (κ1) is 13.0. The van der Waals surface area contributed by atoms with Gasteiger partial charge < -0.3 is 14.7 Å². The molecule has 7 heteroatoms. The summed E-state index contributed by atoms with van der Waals surface area (Å²) in [6.07, 6.45) is 2.56. The first-order valence-corrected chi connectivity index (χ1v) is 7.25. The van der Waals surface area contributed by atoms with E-state index in [2.05, 4.69) is 20.3 Å². The summed E-state index contributed by atoms with van der Waals surface area (Å²) in [4.78, 5) is 23.1. The smallest absolute Gasteiger partial charge is 0.268 e. The van der Waals surface area contributed by atoms with E-state index in [0.29, 0.717) is 29.5 Å². The lowest BCUT2D eigenvalue weighted by atomic mass is 10.4. The standard InChI is InChI=1S/C13H14N4O2S/c1-2-8-5-15-11(19-8)7-14-6-10-16-9-3-4-20-12(9)13(18)17-10/h3-5,14H,2,6-7H2,1H3,(H,16,17,18). The molecule has 2 N–H and O–H groups in total. The number of aryl methyl sites for hydroxylation is 1. The molecule has 0 aliphatic heterocycles. The zero-order chi connectivity index (χ0) is 13.9. The van der Waals surface area contributed by atoms with Crippen LogP contribution in [0.4, 0.5) is 0 Å². The minimum Gasteiger partial charge on any atom is -0.444 e. The van der Waals surface area contributed by atoms with Crippen LogP contribution >= 0.6 is 11.3 Å². The van der Waals surface area contributed by atoms with E-state index in [1.165, 1.54) is 11.3 Å². The van der Waals surface area contributed by atoms with E-state index in [1.807, 2.05) is 18.4 Å². The highest BCUT2D eigenvalue weighted by molar-refractivity contribution is 7.17. The van der Waals surface area contributed by atoms with Crippen LogP contribution in [0.25, 0.3) is 10.2 Å². The molecule has 0 atom stereocenters. The van der Waals surface area contributed by atoms with Crippen molar-refractivity contribution in [2.45, 2.75) is 26.4 Å². The molecule has 3 rings (SSSR count). The Balaban J connectivity index is 1.66. The van der Waals surface area contributed by atoms with Gasteiger partial charge in [-0.1, -0.05) is 6.92 Å². The molecule has 20 heavy (non-hydrogen) atoms. The maximum atomic E-state index is 11.8. The third-order valence-electron chi connectivity index (χ3n) is 2.88. The molecule has 0 aliphatic carbocycles. The predicted molar refractivity (Wildman–Crippen MR) is 76.7 cm³/mol. The Morgan fingerprint density at radius 3 is 3.15 bits per heavy atom. The van der Waals surface area contributed by atoms with E-state index in [-0.39, 0.29) is 5.56 Å². The fourth-order valence-electron chi connectivity index (χ4n) is 1.89. The van der Waals surface area contributed by atoms with Crippen molar-refractivity contribution in [2.75, 3.05) is 0 Å². The number of hydrogen-bond donors (Lipinski definition) is 2. The van der Waals surface area contributed by atoms with Gasteiger partial charge in [-0.15, -0.1) is 11.3 Å². The summed E-state index contributed by atoms with van der Waals surface area (Å²) >= 11 is 1.40. The van der Waals surface area contributed by atoms with Gasteiger partial charge >= 0.3 is 0 Å². The largest absolute Gasteiger partial charge is 0.444 e. The number of hydrogen-bond acceptors (Lipinski definition) is 6. The fraction of sp³-hybridized carbons (Fsp3) is 0.308. The van der Waals surface area contributed by atoms with E-state index >= 15 is 0 Å². The van der Waals surface area contributed by atoms with E-state index < -0.39 is 0 Å². The van der Waals surface area contributed by atoms with Crippen molar-refractivity contribution < 1.29 is 4.42 Å². The minimum absolute atomic E-state index is 0.0915.